The van der Waals surface area contributed by atoms with Gasteiger partial charge in [-0.3, -0.25) is 4.79 Å². The Morgan fingerprint density at radius 3 is 2.53 bits per heavy atom. The molecule has 3 nitrogen and oxygen atoms in total. The van der Waals surface area contributed by atoms with Crippen LogP contribution in [0.2, 0.25) is 0 Å². The third kappa shape index (κ3) is 4.36. The van der Waals surface area contributed by atoms with Gasteiger partial charge in [0.25, 0.3) is 0 Å². The summed E-state index contributed by atoms with van der Waals surface area (Å²) in [5.41, 5.74) is 2.06. The molecule has 0 bridgehead atoms. The van der Waals surface area contributed by atoms with E-state index in [9.17, 15) is 4.79 Å². The number of anilines is 1. The molecule has 2 N–H and O–H groups in total. The van der Waals surface area contributed by atoms with Gasteiger partial charge in [0.2, 0.25) is 5.91 Å². The second-order valence-electron chi connectivity index (χ2n) is 3.21. The molecule has 0 aliphatic carbocycles. The quantitative estimate of drug-likeness (QED) is 0.800. The molecule has 0 aliphatic rings. The summed E-state index contributed by atoms with van der Waals surface area (Å²) in [4.78, 5) is 11.3. The maximum Gasteiger partial charge on any atom is 0.234 e. The average Bonchev–Trinajstić information content (AvgIpc) is 2.22. The highest BCUT2D eigenvalue weighted by molar-refractivity contribution is 7.99. The summed E-state index contributed by atoms with van der Waals surface area (Å²) >= 11 is 1.52. The molecule has 1 amide bonds. The van der Waals surface area contributed by atoms with Crippen LogP contribution in [0.15, 0.2) is 24.3 Å². The lowest BCUT2D eigenvalue weighted by molar-refractivity contribution is -0.113. The van der Waals surface area contributed by atoms with E-state index in [4.69, 9.17) is 0 Å². The van der Waals surface area contributed by atoms with Crippen molar-refractivity contribution in [3.05, 3.63) is 29.8 Å². The summed E-state index contributed by atoms with van der Waals surface area (Å²) in [6.45, 7) is 0.846. The third-order valence-electron chi connectivity index (χ3n) is 1.89. The maximum atomic E-state index is 11.3. The predicted molar refractivity (Wildman–Crippen MR) is 66.2 cm³/mol. The predicted octanol–water partition coefficient (Wildman–Crippen LogP) is 1.71. The van der Waals surface area contributed by atoms with Crippen molar-refractivity contribution in [2.45, 2.75) is 6.54 Å². The number of nitrogens with one attached hydrogen (secondary N) is 2. The van der Waals surface area contributed by atoms with Gasteiger partial charge in [-0.15, -0.1) is 0 Å². The molecular formula is C11H16N2OS. The molecule has 0 saturated heterocycles. The zero-order valence-electron chi connectivity index (χ0n) is 9.04. The molecule has 4 heteroatoms. The Balaban J connectivity index is 2.52. The van der Waals surface area contributed by atoms with E-state index in [1.807, 2.05) is 37.6 Å². The van der Waals surface area contributed by atoms with Gasteiger partial charge in [0, 0.05) is 12.2 Å². The second-order valence-corrected chi connectivity index (χ2v) is 4.07. The van der Waals surface area contributed by atoms with Crippen molar-refractivity contribution in [3.63, 3.8) is 0 Å². The van der Waals surface area contributed by atoms with Gasteiger partial charge in [-0.25, -0.2) is 0 Å². The first-order valence-corrected chi connectivity index (χ1v) is 6.18. The van der Waals surface area contributed by atoms with Crippen molar-refractivity contribution in [2.75, 3.05) is 24.4 Å². The molecule has 15 heavy (non-hydrogen) atoms. The fraction of sp³-hybridized carbons (Fsp3) is 0.364. The lowest BCUT2D eigenvalue weighted by atomic mass is 10.2. The smallest absolute Gasteiger partial charge is 0.234 e. The molecule has 0 spiro atoms. The number of rotatable bonds is 5. The Labute approximate surface area is 94.6 Å². The first-order valence-electron chi connectivity index (χ1n) is 4.78. The summed E-state index contributed by atoms with van der Waals surface area (Å²) in [5, 5.41) is 5.91. The largest absolute Gasteiger partial charge is 0.325 e. The Kier molecular flexibility index (Phi) is 5.21. The van der Waals surface area contributed by atoms with Gasteiger partial charge in [-0.2, -0.15) is 11.8 Å². The van der Waals surface area contributed by atoms with Crippen molar-refractivity contribution < 1.29 is 4.79 Å². The van der Waals surface area contributed by atoms with Crippen molar-refractivity contribution >= 4 is 23.4 Å². The van der Waals surface area contributed by atoms with Gasteiger partial charge in [-0.05, 0) is 31.0 Å². The summed E-state index contributed by atoms with van der Waals surface area (Å²) in [6.07, 6.45) is 1.91. The fourth-order valence-corrected chi connectivity index (χ4v) is 1.57. The molecule has 1 aromatic rings. The van der Waals surface area contributed by atoms with Crippen LogP contribution in [0.3, 0.4) is 0 Å². The second kappa shape index (κ2) is 6.48. The number of hydrogen-bond donors (Lipinski definition) is 2. The van der Waals surface area contributed by atoms with Crippen molar-refractivity contribution in [3.8, 4) is 0 Å². The minimum atomic E-state index is 0.0452. The average molecular weight is 224 g/mol. The van der Waals surface area contributed by atoms with Gasteiger partial charge < -0.3 is 10.6 Å². The van der Waals surface area contributed by atoms with Crippen LogP contribution in [-0.4, -0.2) is 25.0 Å². The van der Waals surface area contributed by atoms with E-state index >= 15 is 0 Å². The number of carbonyl (C=O) groups is 1. The highest BCUT2D eigenvalue weighted by Crippen LogP contribution is 2.09. The Morgan fingerprint density at radius 2 is 2.00 bits per heavy atom. The molecule has 0 unspecified atom stereocenters. The lowest BCUT2D eigenvalue weighted by Crippen LogP contribution is -2.13. The molecule has 0 heterocycles. The topological polar surface area (TPSA) is 41.1 Å². The zero-order valence-corrected chi connectivity index (χ0v) is 9.86. The normalized spacial score (nSPS) is 10.0. The van der Waals surface area contributed by atoms with Gasteiger partial charge in [-0.1, -0.05) is 12.1 Å². The van der Waals surface area contributed by atoms with Crippen molar-refractivity contribution in [1.29, 1.82) is 0 Å². The first kappa shape index (κ1) is 12.1. The highest BCUT2D eigenvalue weighted by atomic mass is 32.2. The van der Waals surface area contributed by atoms with Crippen LogP contribution >= 0.6 is 11.8 Å². The summed E-state index contributed by atoms with van der Waals surface area (Å²) in [7, 11) is 1.91. The summed E-state index contributed by atoms with van der Waals surface area (Å²) < 4.78 is 0. The van der Waals surface area contributed by atoms with Crippen LogP contribution in [0.1, 0.15) is 5.56 Å². The molecule has 0 saturated carbocycles. The SMILES string of the molecule is CNCc1ccc(NC(=O)CSC)cc1. The molecule has 82 valence electrons. The van der Waals surface area contributed by atoms with E-state index < -0.39 is 0 Å². The molecule has 0 fully saturated rings. The van der Waals surface area contributed by atoms with Crippen LogP contribution in [0.4, 0.5) is 5.69 Å². The molecule has 1 rings (SSSR count). The van der Waals surface area contributed by atoms with Crippen LogP contribution in [0.25, 0.3) is 0 Å². The van der Waals surface area contributed by atoms with Crippen LogP contribution < -0.4 is 10.6 Å². The Hall–Kier alpha value is -1.00. The maximum absolute atomic E-state index is 11.3. The molecule has 0 aromatic heterocycles. The van der Waals surface area contributed by atoms with Gasteiger partial charge in [0.1, 0.15) is 0 Å². The zero-order chi connectivity index (χ0) is 11.1. The lowest BCUT2D eigenvalue weighted by Gasteiger charge is -2.05. The Morgan fingerprint density at radius 1 is 1.33 bits per heavy atom. The van der Waals surface area contributed by atoms with E-state index in [-0.39, 0.29) is 5.91 Å². The monoisotopic (exact) mass is 224 g/mol. The number of amides is 1. The van der Waals surface area contributed by atoms with E-state index in [1.165, 1.54) is 17.3 Å². The van der Waals surface area contributed by atoms with Crippen LogP contribution in [0.5, 0.6) is 0 Å². The van der Waals surface area contributed by atoms with Crippen LogP contribution in [0, 0.1) is 0 Å². The van der Waals surface area contributed by atoms with E-state index in [0.29, 0.717) is 5.75 Å². The number of hydrogen-bond acceptors (Lipinski definition) is 3. The number of benzene rings is 1. The number of thioether (sulfide) groups is 1. The summed E-state index contributed by atoms with van der Waals surface area (Å²) in [6, 6.07) is 7.85. The van der Waals surface area contributed by atoms with Crippen molar-refractivity contribution in [1.82, 2.24) is 5.32 Å². The Bertz CT molecular complexity index is 311. The van der Waals surface area contributed by atoms with Crippen LogP contribution in [-0.2, 0) is 11.3 Å². The van der Waals surface area contributed by atoms with Gasteiger partial charge in [0.05, 0.1) is 5.75 Å². The van der Waals surface area contributed by atoms with Gasteiger partial charge in [0.15, 0.2) is 0 Å². The standard InChI is InChI=1S/C11H16N2OS/c1-12-7-9-3-5-10(6-4-9)13-11(14)8-15-2/h3-6,12H,7-8H2,1-2H3,(H,13,14). The number of carbonyl (C=O) groups excluding carboxylic acids is 1. The first-order chi connectivity index (χ1) is 7.26. The van der Waals surface area contributed by atoms with E-state index in [2.05, 4.69) is 10.6 Å². The van der Waals surface area contributed by atoms with Crippen molar-refractivity contribution in [2.24, 2.45) is 0 Å². The molecule has 0 radical (unpaired) electrons. The highest BCUT2D eigenvalue weighted by Gasteiger charge is 2.00. The molecule has 0 aliphatic heterocycles. The molecular weight excluding hydrogens is 208 g/mol. The minimum Gasteiger partial charge on any atom is -0.325 e. The van der Waals surface area contributed by atoms with Gasteiger partial charge >= 0.3 is 0 Å². The molecule has 0 atom stereocenters. The summed E-state index contributed by atoms with van der Waals surface area (Å²) in [5.74, 6) is 0.544. The minimum absolute atomic E-state index is 0.0452. The van der Waals surface area contributed by atoms with E-state index in [1.54, 1.807) is 0 Å². The van der Waals surface area contributed by atoms with E-state index in [0.717, 1.165) is 12.2 Å². The third-order valence-corrected chi connectivity index (χ3v) is 2.44. The fourth-order valence-electron chi connectivity index (χ4n) is 1.24. The molecule has 1 aromatic carbocycles.